The molecule has 1 aliphatic heterocycles. The summed E-state index contributed by atoms with van der Waals surface area (Å²) in [5, 5.41) is 16.9. The van der Waals surface area contributed by atoms with Crippen LogP contribution in [0.1, 0.15) is 21.5 Å². The number of Topliss-reactive ketones (excluding diaryl/α,β-unsaturated/α-hetero) is 1. The summed E-state index contributed by atoms with van der Waals surface area (Å²) < 4.78 is 0. The fourth-order valence-corrected chi connectivity index (χ4v) is 2.12. The zero-order valence-electron chi connectivity index (χ0n) is 7.27. The third-order valence-electron chi connectivity index (χ3n) is 1.99. The minimum Gasteiger partial charge on any atom is -0.284 e. The van der Waals surface area contributed by atoms with Gasteiger partial charge in [-0.2, -0.15) is 10.5 Å². The normalized spacial score (nSPS) is 13.2. The number of hydrogen-bond acceptors (Lipinski definition) is 5. The van der Waals surface area contributed by atoms with Crippen LogP contribution < -0.4 is 0 Å². The Morgan fingerprint density at radius 2 is 1.67 bits per heavy atom. The van der Waals surface area contributed by atoms with E-state index in [4.69, 9.17) is 10.5 Å². The van der Waals surface area contributed by atoms with Gasteiger partial charge >= 0.3 is 0 Å². The molecule has 70 valence electrons. The van der Waals surface area contributed by atoms with E-state index in [1.807, 2.05) is 12.1 Å². The molecule has 0 bridgehead atoms. The first-order valence-corrected chi connectivity index (χ1v) is 4.73. The van der Waals surface area contributed by atoms with Crippen molar-refractivity contribution < 1.29 is 9.59 Å². The maximum absolute atomic E-state index is 11.3. The van der Waals surface area contributed by atoms with Crippen LogP contribution in [0.25, 0.3) is 0 Å². The van der Waals surface area contributed by atoms with Crippen molar-refractivity contribution in [1.29, 1.82) is 10.5 Å². The van der Waals surface area contributed by atoms with Gasteiger partial charge in [-0.15, -0.1) is 0 Å². The van der Waals surface area contributed by atoms with E-state index >= 15 is 0 Å². The van der Waals surface area contributed by atoms with Crippen molar-refractivity contribution in [2.75, 3.05) is 0 Å². The lowest BCUT2D eigenvalue weighted by atomic mass is 10.0. The first kappa shape index (κ1) is 9.45. The van der Waals surface area contributed by atoms with Crippen molar-refractivity contribution in [3.05, 3.63) is 28.8 Å². The number of ketones is 1. The largest absolute Gasteiger partial charge is 0.284 e. The number of fused-ring (bicyclic) bond motifs is 1. The van der Waals surface area contributed by atoms with Gasteiger partial charge in [0.2, 0.25) is 5.78 Å². The number of thioether (sulfide) groups is 1. The molecule has 1 aromatic rings. The van der Waals surface area contributed by atoms with E-state index in [0.717, 1.165) is 11.8 Å². The van der Waals surface area contributed by atoms with Crippen molar-refractivity contribution in [3.63, 3.8) is 0 Å². The van der Waals surface area contributed by atoms with Crippen LogP contribution in [-0.4, -0.2) is 10.9 Å². The van der Waals surface area contributed by atoms with Gasteiger partial charge in [0.05, 0.1) is 11.1 Å². The van der Waals surface area contributed by atoms with Crippen LogP contribution >= 0.6 is 11.8 Å². The number of benzene rings is 1. The van der Waals surface area contributed by atoms with Crippen LogP contribution in [0.5, 0.6) is 0 Å². The van der Waals surface area contributed by atoms with E-state index in [-0.39, 0.29) is 16.7 Å². The summed E-state index contributed by atoms with van der Waals surface area (Å²) in [5.41, 5.74) is 0.534. The number of hydrogen-bond donors (Lipinski definition) is 0. The number of carbonyl (C=O) groups excluding carboxylic acids is 2. The quantitative estimate of drug-likeness (QED) is 0.607. The Morgan fingerprint density at radius 3 is 2.27 bits per heavy atom. The molecule has 4 nitrogen and oxygen atoms in total. The molecule has 0 unspecified atom stereocenters. The molecule has 0 saturated heterocycles. The van der Waals surface area contributed by atoms with E-state index in [0.29, 0.717) is 4.90 Å². The minimum atomic E-state index is -0.601. The van der Waals surface area contributed by atoms with E-state index < -0.39 is 10.9 Å². The Balaban J connectivity index is 2.71. The average Bonchev–Trinajstić information content (AvgIpc) is 2.53. The van der Waals surface area contributed by atoms with E-state index in [9.17, 15) is 9.59 Å². The van der Waals surface area contributed by atoms with E-state index in [1.165, 1.54) is 12.1 Å². The first-order valence-electron chi connectivity index (χ1n) is 3.92. The molecular formula is C10H2N2O2S. The molecule has 0 aromatic heterocycles. The molecule has 0 saturated carbocycles. The third kappa shape index (κ3) is 1.30. The van der Waals surface area contributed by atoms with Crippen molar-refractivity contribution in [2.24, 2.45) is 0 Å². The number of rotatable bonds is 0. The highest BCUT2D eigenvalue weighted by Crippen LogP contribution is 2.34. The molecular weight excluding hydrogens is 212 g/mol. The molecule has 0 fully saturated rings. The van der Waals surface area contributed by atoms with Crippen molar-refractivity contribution in [2.45, 2.75) is 4.90 Å². The predicted molar refractivity (Wildman–Crippen MR) is 51.1 cm³/mol. The van der Waals surface area contributed by atoms with Gasteiger partial charge in [-0.1, -0.05) is 0 Å². The Morgan fingerprint density at radius 1 is 1.07 bits per heavy atom. The highest BCUT2D eigenvalue weighted by atomic mass is 32.2. The van der Waals surface area contributed by atoms with Crippen molar-refractivity contribution in [1.82, 2.24) is 0 Å². The molecule has 0 radical (unpaired) electrons. The highest BCUT2D eigenvalue weighted by Gasteiger charge is 2.30. The van der Waals surface area contributed by atoms with Crippen LogP contribution in [-0.2, 0) is 4.79 Å². The Bertz CT molecular complexity index is 578. The zero-order valence-corrected chi connectivity index (χ0v) is 8.09. The minimum absolute atomic E-state index is 0.125. The first-order chi connectivity index (χ1) is 7.17. The van der Waals surface area contributed by atoms with Gasteiger partial charge in [0, 0.05) is 10.5 Å². The number of nitriles is 2. The van der Waals surface area contributed by atoms with Crippen LogP contribution in [0.4, 0.5) is 0 Å². The van der Waals surface area contributed by atoms with Crippen molar-refractivity contribution in [3.8, 4) is 12.1 Å². The van der Waals surface area contributed by atoms with Gasteiger partial charge in [-0.05, 0) is 23.9 Å². The zero-order chi connectivity index (χ0) is 11.0. The number of carbonyl (C=O) groups is 2. The van der Waals surface area contributed by atoms with E-state index in [2.05, 4.69) is 0 Å². The van der Waals surface area contributed by atoms with Crippen LogP contribution in [0.2, 0.25) is 0 Å². The molecule has 1 aromatic carbocycles. The molecule has 2 rings (SSSR count). The molecule has 0 spiro atoms. The van der Waals surface area contributed by atoms with Gasteiger partial charge in [0.15, 0.2) is 0 Å². The van der Waals surface area contributed by atoms with Gasteiger partial charge < -0.3 is 0 Å². The monoisotopic (exact) mass is 214 g/mol. The van der Waals surface area contributed by atoms with Gasteiger partial charge in [0.1, 0.15) is 12.1 Å². The van der Waals surface area contributed by atoms with Gasteiger partial charge in [-0.3, -0.25) is 9.59 Å². The summed E-state index contributed by atoms with van der Waals surface area (Å²) >= 11 is 0.799. The molecule has 0 amide bonds. The average molecular weight is 214 g/mol. The topological polar surface area (TPSA) is 81.7 Å². The second-order valence-electron chi connectivity index (χ2n) is 2.84. The molecule has 1 aliphatic rings. The molecule has 1 heterocycles. The third-order valence-corrected chi connectivity index (χ3v) is 2.92. The Labute approximate surface area is 89.1 Å². The van der Waals surface area contributed by atoms with Crippen LogP contribution in [0.15, 0.2) is 17.0 Å². The second kappa shape index (κ2) is 3.23. The lowest BCUT2D eigenvalue weighted by Crippen LogP contribution is -2.02. The molecule has 0 atom stereocenters. The lowest BCUT2D eigenvalue weighted by molar-refractivity contribution is -0.107. The summed E-state index contributed by atoms with van der Waals surface area (Å²) in [6.07, 6.45) is 0. The van der Waals surface area contributed by atoms with Crippen LogP contribution in [0.3, 0.4) is 0 Å². The fourth-order valence-electron chi connectivity index (χ4n) is 1.28. The summed E-state index contributed by atoms with van der Waals surface area (Å²) in [6, 6.07) is 6.37. The predicted octanol–water partition coefficient (Wildman–Crippen LogP) is 1.24. The maximum Gasteiger partial charge on any atom is 0.264 e. The lowest BCUT2D eigenvalue weighted by Gasteiger charge is -1.97. The van der Waals surface area contributed by atoms with Gasteiger partial charge in [0.25, 0.3) is 5.12 Å². The van der Waals surface area contributed by atoms with Gasteiger partial charge in [-0.25, -0.2) is 0 Å². The highest BCUT2D eigenvalue weighted by molar-refractivity contribution is 8.16. The Kier molecular flexibility index (Phi) is 2.03. The standard InChI is InChI=1S/C10H2N2O2S/c11-3-5-1-7-8(2-6(5)4-12)15-10(14)9(7)13/h1-2H. The summed E-state index contributed by atoms with van der Waals surface area (Å²) in [4.78, 5) is 22.8. The van der Waals surface area contributed by atoms with Crippen LogP contribution in [0, 0.1) is 22.7 Å². The molecule has 5 heteroatoms. The fraction of sp³-hybridized carbons (Fsp3) is 0. The molecule has 0 N–H and O–H groups in total. The smallest absolute Gasteiger partial charge is 0.264 e. The SMILES string of the molecule is N#Cc1cc2c(cc1C#N)C(=O)C(=O)S2. The summed E-state index contributed by atoms with van der Waals surface area (Å²) in [7, 11) is 0. The van der Waals surface area contributed by atoms with E-state index in [1.54, 1.807) is 0 Å². The maximum atomic E-state index is 11.3. The summed E-state index contributed by atoms with van der Waals surface area (Å²) in [5.74, 6) is -0.601. The second-order valence-corrected chi connectivity index (χ2v) is 3.85. The number of nitrogens with zero attached hydrogens (tertiary/aromatic N) is 2. The Hall–Kier alpha value is -2.11. The van der Waals surface area contributed by atoms with Crippen molar-refractivity contribution >= 4 is 22.7 Å². The molecule has 0 aliphatic carbocycles. The molecule has 15 heavy (non-hydrogen) atoms. The summed E-state index contributed by atoms with van der Waals surface area (Å²) in [6.45, 7) is 0.